The maximum Gasteiger partial charge on any atom is 0.445 e. The van der Waals surface area contributed by atoms with E-state index in [4.69, 9.17) is 9.47 Å². The van der Waals surface area contributed by atoms with Crippen LogP contribution in [0.4, 0.5) is 18.9 Å². The number of nitrogens with zero attached hydrogens (tertiary/aromatic N) is 6. The van der Waals surface area contributed by atoms with Gasteiger partial charge in [0, 0.05) is 39.5 Å². The number of aromatic nitrogens is 4. The van der Waals surface area contributed by atoms with E-state index in [1.54, 1.807) is 11.8 Å². The molecule has 0 radical (unpaired) electrons. The number of halogens is 3. The summed E-state index contributed by atoms with van der Waals surface area (Å²) in [6.45, 7) is 3.74. The molecule has 3 fully saturated rings. The molecule has 1 amide bonds. The van der Waals surface area contributed by atoms with Gasteiger partial charge >= 0.3 is 6.18 Å². The molecule has 1 saturated carbocycles. The molecule has 0 unspecified atom stereocenters. The van der Waals surface area contributed by atoms with Crippen molar-refractivity contribution in [3.63, 3.8) is 0 Å². The maximum absolute atomic E-state index is 13.5. The Labute approximate surface area is 231 Å². The van der Waals surface area contributed by atoms with Crippen LogP contribution in [-0.2, 0) is 30.5 Å². The number of sulfonamides is 1. The van der Waals surface area contributed by atoms with Crippen molar-refractivity contribution in [3.05, 3.63) is 23.5 Å². The molecule has 3 aromatic heterocycles. The zero-order chi connectivity index (χ0) is 28.5. The normalized spacial score (nSPS) is 20.5. The van der Waals surface area contributed by atoms with E-state index in [0.29, 0.717) is 61.6 Å². The number of carbonyl (C=O) groups is 1. The van der Waals surface area contributed by atoms with Crippen LogP contribution in [0, 0.1) is 0 Å². The number of hydrogen-bond donors (Lipinski definition) is 1. The lowest BCUT2D eigenvalue weighted by atomic mass is 10.0. The molecule has 3 aliphatic rings. The monoisotopic (exact) mass is 601 g/mol. The standard InChI is InChI=1S/C23H26F3N7O5S2/c1-21(12-38-13-21)30-40(35,36)14-9-15(31-5-7-32(8-6-31)20(34)22(37-2)3-4-22)16-10-27-17(33(16)11-14)18-28-29-19(39-18)23(24,25)26/h9-11,30H,3-8,12-13H2,1-2H3. The largest absolute Gasteiger partial charge is 0.445 e. The summed E-state index contributed by atoms with van der Waals surface area (Å²) in [5, 5.41) is 5.68. The van der Waals surface area contributed by atoms with E-state index in [1.807, 2.05) is 4.90 Å². The molecule has 5 heterocycles. The van der Waals surface area contributed by atoms with E-state index in [0.717, 1.165) is 0 Å². The predicted octanol–water partition coefficient (Wildman–Crippen LogP) is 1.77. The highest BCUT2D eigenvalue weighted by Gasteiger charge is 2.52. The van der Waals surface area contributed by atoms with Crippen LogP contribution in [0.1, 0.15) is 24.8 Å². The van der Waals surface area contributed by atoms with Crippen LogP contribution >= 0.6 is 11.3 Å². The summed E-state index contributed by atoms with van der Waals surface area (Å²) in [6.07, 6.45) is -0.533. The number of ether oxygens (including phenoxy) is 2. The van der Waals surface area contributed by atoms with Crippen LogP contribution in [0.25, 0.3) is 16.3 Å². The highest BCUT2D eigenvalue weighted by molar-refractivity contribution is 7.89. The number of rotatable bonds is 7. The Morgan fingerprint density at radius 3 is 2.42 bits per heavy atom. The maximum atomic E-state index is 13.5. The fourth-order valence-electron chi connectivity index (χ4n) is 4.95. The van der Waals surface area contributed by atoms with Crippen molar-refractivity contribution in [1.29, 1.82) is 0 Å². The number of amides is 1. The van der Waals surface area contributed by atoms with Crippen LogP contribution in [0.3, 0.4) is 0 Å². The first-order valence-electron chi connectivity index (χ1n) is 12.5. The van der Waals surface area contributed by atoms with Gasteiger partial charge in [0.15, 0.2) is 10.8 Å². The highest BCUT2D eigenvalue weighted by atomic mass is 32.2. The zero-order valence-electron chi connectivity index (χ0n) is 21.6. The van der Waals surface area contributed by atoms with E-state index in [1.165, 1.54) is 30.0 Å². The molecule has 216 valence electrons. The summed E-state index contributed by atoms with van der Waals surface area (Å²) in [4.78, 5) is 20.8. The summed E-state index contributed by atoms with van der Waals surface area (Å²) < 4.78 is 81.2. The number of anilines is 1. The highest BCUT2D eigenvalue weighted by Crippen LogP contribution is 2.41. The van der Waals surface area contributed by atoms with Gasteiger partial charge in [0.05, 0.1) is 36.2 Å². The fourth-order valence-corrected chi connectivity index (χ4v) is 7.05. The van der Waals surface area contributed by atoms with Crippen LogP contribution in [0.15, 0.2) is 23.4 Å². The molecule has 12 nitrogen and oxygen atoms in total. The minimum Gasteiger partial charge on any atom is -0.377 e. The van der Waals surface area contributed by atoms with Crippen molar-refractivity contribution in [2.75, 3.05) is 51.4 Å². The summed E-state index contributed by atoms with van der Waals surface area (Å²) in [6, 6.07) is 1.52. The smallest absolute Gasteiger partial charge is 0.377 e. The third-order valence-corrected chi connectivity index (χ3v) is 9.95. The molecular weight excluding hydrogens is 575 g/mol. The van der Waals surface area contributed by atoms with Crippen LogP contribution in [-0.4, -0.2) is 96.4 Å². The number of piperazine rings is 1. The summed E-state index contributed by atoms with van der Waals surface area (Å²) in [5.41, 5.74) is -0.532. The van der Waals surface area contributed by atoms with Gasteiger partial charge in [-0.15, -0.1) is 10.2 Å². The van der Waals surface area contributed by atoms with E-state index in [9.17, 15) is 26.4 Å². The molecule has 6 rings (SSSR count). The first kappa shape index (κ1) is 27.3. The van der Waals surface area contributed by atoms with E-state index in [-0.39, 0.29) is 34.8 Å². The van der Waals surface area contributed by atoms with E-state index >= 15 is 0 Å². The van der Waals surface area contributed by atoms with Gasteiger partial charge in [-0.1, -0.05) is 11.3 Å². The summed E-state index contributed by atoms with van der Waals surface area (Å²) in [5.74, 6) is -0.0243. The second kappa shape index (κ2) is 9.34. The first-order valence-corrected chi connectivity index (χ1v) is 14.8. The van der Waals surface area contributed by atoms with Gasteiger partial charge in [0.25, 0.3) is 5.91 Å². The third kappa shape index (κ3) is 4.72. The Morgan fingerprint density at radius 1 is 1.18 bits per heavy atom. The molecule has 17 heteroatoms. The number of hydrogen-bond acceptors (Lipinski definition) is 10. The van der Waals surface area contributed by atoms with Gasteiger partial charge in [-0.2, -0.15) is 13.2 Å². The Bertz CT molecular complexity index is 1570. The van der Waals surface area contributed by atoms with Gasteiger partial charge in [-0.05, 0) is 25.8 Å². The second-order valence-electron chi connectivity index (χ2n) is 10.4. The molecule has 1 aliphatic carbocycles. The number of pyridine rings is 1. The van der Waals surface area contributed by atoms with Gasteiger partial charge in [-0.25, -0.2) is 18.1 Å². The molecular formula is C23H26F3N7O5S2. The van der Waals surface area contributed by atoms with Crippen LogP contribution < -0.4 is 9.62 Å². The molecule has 2 saturated heterocycles. The molecule has 0 aromatic carbocycles. The number of imidazole rings is 1. The Hall–Kier alpha value is -2.86. The first-order chi connectivity index (χ1) is 18.8. The van der Waals surface area contributed by atoms with Gasteiger partial charge in [-0.3, -0.25) is 9.20 Å². The third-order valence-electron chi connectivity index (χ3n) is 7.38. The predicted molar refractivity (Wildman–Crippen MR) is 136 cm³/mol. The molecule has 1 N–H and O–H groups in total. The topological polar surface area (TPSA) is 131 Å². The van der Waals surface area contributed by atoms with Crippen molar-refractivity contribution in [2.45, 2.75) is 42.0 Å². The Morgan fingerprint density at radius 2 is 1.88 bits per heavy atom. The number of methoxy groups -OCH3 is 1. The molecule has 0 atom stereocenters. The van der Waals surface area contributed by atoms with Gasteiger partial charge < -0.3 is 19.3 Å². The molecule has 0 bridgehead atoms. The van der Waals surface area contributed by atoms with Gasteiger partial charge in [0.1, 0.15) is 10.5 Å². The fraction of sp³-hybridized carbons (Fsp3) is 0.565. The van der Waals surface area contributed by atoms with Crippen molar-refractivity contribution in [1.82, 2.24) is 29.2 Å². The SMILES string of the molecule is COC1(C(=O)N2CCN(c3cc(S(=O)(=O)NC4(C)COC4)cn4c(-c5nnc(C(F)(F)F)s5)ncc34)CC2)CC1. The average molecular weight is 602 g/mol. The lowest BCUT2D eigenvalue weighted by Gasteiger charge is -2.39. The molecule has 0 spiro atoms. The average Bonchev–Trinajstić information content (AvgIpc) is 3.31. The van der Waals surface area contributed by atoms with Crippen molar-refractivity contribution in [2.24, 2.45) is 0 Å². The quantitative estimate of drug-likeness (QED) is 0.431. The van der Waals surface area contributed by atoms with E-state index < -0.39 is 32.3 Å². The van der Waals surface area contributed by atoms with Crippen molar-refractivity contribution in [3.8, 4) is 10.8 Å². The van der Waals surface area contributed by atoms with Crippen molar-refractivity contribution >= 4 is 38.5 Å². The Kier molecular flexibility index (Phi) is 6.38. The minimum absolute atomic E-state index is 0.0315. The van der Waals surface area contributed by atoms with E-state index in [2.05, 4.69) is 19.9 Å². The van der Waals surface area contributed by atoms with Crippen molar-refractivity contribution < 1.29 is 35.9 Å². The number of nitrogens with one attached hydrogen (secondary N) is 1. The second-order valence-corrected chi connectivity index (χ2v) is 13.1. The zero-order valence-corrected chi connectivity index (χ0v) is 23.2. The Balaban J connectivity index is 1.38. The lowest BCUT2D eigenvalue weighted by Crippen LogP contribution is -2.59. The molecule has 40 heavy (non-hydrogen) atoms. The lowest BCUT2D eigenvalue weighted by molar-refractivity contribution is -0.145. The van der Waals surface area contributed by atoms with Gasteiger partial charge in [0.2, 0.25) is 15.0 Å². The summed E-state index contributed by atoms with van der Waals surface area (Å²) in [7, 11) is -2.54. The van der Waals surface area contributed by atoms with Crippen LogP contribution in [0.5, 0.6) is 0 Å². The van der Waals surface area contributed by atoms with Crippen LogP contribution in [0.2, 0.25) is 0 Å². The number of fused-ring (bicyclic) bond motifs is 1. The molecule has 3 aromatic rings. The number of carbonyl (C=O) groups excluding carboxylic acids is 1. The minimum atomic E-state index is -4.67. The number of alkyl halides is 3. The molecule has 2 aliphatic heterocycles. The summed E-state index contributed by atoms with van der Waals surface area (Å²) >= 11 is 0.322.